The smallest absolute Gasteiger partial charge is 0.192 e. The quantitative estimate of drug-likeness (QED) is 0.556. The molecule has 0 amide bonds. The Kier molecular flexibility index (Phi) is 4.97. The molecule has 0 atom stereocenters. The largest absolute Gasteiger partial charge is 0.414 e. The molecule has 0 unspecified atom stereocenters. The summed E-state index contributed by atoms with van der Waals surface area (Å²) in [6.45, 7) is 11.7. The molecular weight excluding hydrogens is 380 g/mol. The van der Waals surface area contributed by atoms with Gasteiger partial charge < -0.3 is 8.99 Å². The van der Waals surface area contributed by atoms with Crippen LogP contribution in [0.2, 0.25) is 18.1 Å². The van der Waals surface area contributed by atoms with Crippen LogP contribution >= 0.6 is 15.9 Å². The van der Waals surface area contributed by atoms with E-state index in [1.54, 1.807) is 0 Å². The lowest BCUT2D eigenvalue weighted by atomic mass is 9.93. The van der Waals surface area contributed by atoms with Crippen LogP contribution in [0, 0.1) is 0 Å². The highest BCUT2D eigenvalue weighted by atomic mass is 79.9. The van der Waals surface area contributed by atoms with Gasteiger partial charge in [-0.15, -0.1) is 0 Å². The lowest BCUT2D eigenvalue weighted by Gasteiger charge is -2.41. The van der Waals surface area contributed by atoms with Crippen molar-refractivity contribution in [2.24, 2.45) is 0 Å². The van der Waals surface area contributed by atoms with E-state index < -0.39 is 8.32 Å². The van der Waals surface area contributed by atoms with Crippen LogP contribution in [-0.4, -0.2) is 24.0 Å². The molecule has 1 aromatic carbocycles. The maximum absolute atomic E-state index is 6.62. The Bertz CT molecular complexity index is 712. The van der Waals surface area contributed by atoms with Crippen molar-refractivity contribution in [2.75, 3.05) is 0 Å². The van der Waals surface area contributed by atoms with Crippen molar-refractivity contribution < 1.29 is 4.43 Å². The Morgan fingerprint density at radius 2 is 1.83 bits per heavy atom. The third-order valence-electron chi connectivity index (χ3n) is 5.84. The summed E-state index contributed by atoms with van der Waals surface area (Å²) >= 11 is 3.53. The molecule has 3 rings (SSSR count). The highest BCUT2D eigenvalue weighted by Crippen LogP contribution is 2.40. The minimum absolute atomic E-state index is 0.289. The first-order chi connectivity index (χ1) is 11.2. The van der Waals surface area contributed by atoms with E-state index in [-0.39, 0.29) is 5.04 Å². The predicted octanol–water partition coefficient (Wildman–Crippen LogP) is 6.30. The van der Waals surface area contributed by atoms with Gasteiger partial charge in [-0.25, -0.2) is 4.98 Å². The van der Waals surface area contributed by atoms with Gasteiger partial charge in [0.25, 0.3) is 0 Å². The van der Waals surface area contributed by atoms with E-state index in [9.17, 15) is 0 Å². The topological polar surface area (TPSA) is 27.1 Å². The van der Waals surface area contributed by atoms with Crippen LogP contribution in [0.25, 0.3) is 11.0 Å². The maximum atomic E-state index is 6.62. The van der Waals surface area contributed by atoms with Gasteiger partial charge in [0.1, 0.15) is 0 Å². The number of imidazole rings is 1. The van der Waals surface area contributed by atoms with Crippen LogP contribution in [0.15, 0.2) is 29.0 Å². The molecule has 0 N–H and O–H groups in total. The molecule has 1 aliphatic rings. The third-order valence-corrected chi connectivity index (χ3v) is 10.9. The molecule has 1 aliphatic carbocycles. The number of benzene rings is 1. The highest BCUT2D eigenvalue weighted by molar-refractivity contribution is 9.10. The number of rotatable bonds is 3. The van der Waals surface area contributed by atoms with Crippen molar-refractivity contribution >= 4 is 35.3 Å². The van der Waals surface area contributed by atoms with Crippen LogP contribution in [0.4, 0.5) is 0 Å². The number of aromatic nitrogens is 2. The molecule has 0 bridgehead atoms. The van der Waals surface area contributed by atoms with E-state index in [0.29, 0.717) is 12.1 Å². The van der Waals surface area contributed by atoms with Crippen LogP contribution in [0.1, 0.15) is 52.5 Å². The second-order valence-corrected chi connectivity index (χ2v) is 14.3. The van der Waals surface area contributed by atoms with Crippen molar-refractivity contribution in [1.29, 1.82) is 0 Å². The molecule has 0 saturated heterocycles. The molecule has 5 heteroatoms. The first-order valence-corrected chi connectivity index (χ1v) is 12.7. The summed E-state index contributed by atoms with van der Waals surface area (Å²) in [6.07, 6.45) is 7.13. The SMILES string of the molecule is CC(C)(C)[Si](C)(C)O[C@H]1CC[C@H](n2cnc3cc(Br)ccc32)CC1. The Labute approximate surface area is 155 Å². The average molecular weight is 409 g/mol. The van der Waals surface area contributed by atoms with Gasteiger partial charge in [-0.2, -0.15) is 0 Å². The highest BCUT2D eigenvalue weighted by Gasteiger charge is 2.39. The van der Waals surface area contributed by atoms with Gasteiger partial charge in [-0.05, 0) is 62.0 Å². The third kappa shape index (κ3) is 3.63. The summed E-state index contributed by atoms with van der Waals surface area (Å²) in [4.78, 5) is 4.57. The van der Waals surface area contributed by atoms with Crippen molar-refractivity contribution in [3.8, 4) is 0 Å². The second kappa shape index (κ2) is 6.58. The van der Waals surface area contributed by atoms with E-state index in [4.69, 9.17) is 4.43 Å². The molecule has 1 heterocycles. The van der Waals surface area contributed by atoms with Gasteiger partial charge in [-0.3, -0.25) is 0 Å². The lowest BCUT2D eigenvalue weighted by molar-refractivity contribution is 0.119. The fourth-order valence-electron chi connectivity index (χ4n) is 3.33. The number of hydrogen-bond acceptors (Lipinski definition) is 2. The number of fused-ring (bicyclic) bond motifs is 1. The number of halogens is 1. The van der Waals surface area contributed by atoms with Crippen molar-refractivity contribution in [1.82, 2.24) is 9.55 Å². The summed E-state index contributed by atoms with van der Waals surface area (Å²) in [5.41, 5.74) is 2.32. The zero-order valence-corrected chi connectivity index (χ0v) is 18.1. The molecule has 0 spiro atoms. The van der Waals surface area contributed by atoms with Crippen molar-refractivity contribution in [2.45, 2.75) is 76.7 Å². The van der Waals surface area contributed by atoms with Crippen LogP contribution in [0.3, 0.4) is 0 Å². The molecule has 0 radical (unpaired) electrons. The Balaban J connectivity index is 1.67. The summed E-state index contributed by atoms with van der Waals surface area (Å²) in [5.74, 6) is 0. The van der Waals surface area contributed by atoms with E-state index >= 15 is 0 Å². The molecule has 2 aromatic rings. The fraction of sp³-hybridized carbons (Fsp3) is 0.632. The van der Waals surface area contributed by atoms with Crippen LogP contribution < -0.4 is 0 Å². The maximum Gasteiger partial charge on any atom is 0.192 e. The van der Waals surface area contributed by atoms with Gasteiger partial charge in [0.15, 0.2) is 8.32 Å². The van der Waals surface area contributed by atoms with Gasteiger partial charge >= 0.3 is 0 Å². The number of hydrogen-bond donors (Lipinski definition) is 0. The Hall–Kier alpha value is -0.653. The molecule has 1 saturated carbocycles. The van der Waals surface area contributed by atoms with Crippen LogP contribution in [0.5, 0.6) is 0 Å². The molecule has 0 aliphatic heterocycles. The monoisotopic (exact) mass is 408 g/mol. The second-order valence-electron chi connectivity index (χ2n) is 8.59. The summed E-state index contributed by atoms with van der Waals surface area (Å²) in [6, 6.07) is 6.92. The van der Waals surface area contributed by atoms with E-state index in [1.165, 1.54) is 18.4 Å². The zero-order chi connectivity index (χ0) is 17.5. The standard InChI is InChI=1S/C19H29BrN2OSi/c1-19(2,3)24(4,5)23-16-9-7-15(8-10-16)22-13-21-17-12-14(20)6-11-18(17)22/h6,11-13,15-16H,7-10H2,1-5H3/t15-,16-. The van der Waals surface area contributed by atoms with Crippen molar-refractivity contribution in [3.63, 3.8) is 0 Å². The van der Waals surface area contributed by atoms with Crippen LogP contribution in [-0.2, 0) is 4.43 Å². The number of nitrogens with zero attached hydrogens (tertiary/aromatic N) is 2. The Morgan fingerprint density at radius 1 is 1.17 bits per heavy atom. The fourth-order valence-corrected chi connectivity index (χ4v) is 5.10. The minimum Gasteiger partial charge on any atom is -0.414 e. The minimum atomic E-state index is -1.65. The first kappa shape index (κ1) is 18.1. The van der Waals surface area contributed by atoms with Gasteiger partial charge in [0.05, 0.1) is 17.4 Å². The molecule has 24 heavy (non-hydrogen) atoms. The lowest BCUT2D eigenvalue weighted by Crippen LogP contribution is -2.44. The zero-order valence-electron chi connectivity index (χ0n) is 15.5. The van der Waals surface area contributed by atoms with Gasteiger partial charge in [0, 0.05) is 16.6 Å². The molecule has 1 fully saturated rings. The van der Waals surface area contributed by atoms with E-state index in [2.05, 4.69) is 77.5 Å². The van der Waals surface area contributed by atoms with E-state index in [1.807, 2.05) is 6.33 Å². The molecule has 132 valence electrons. The summed E-state index contributed by atoms with van der Waals surface area (Å²) in [7, 11) is -1.65. The molecular formula is C19H29BrN2OSi. The summed E-state index contributed by atoms with van der Waals surface area (Å²) < 4.78 is 10.1. The predicted molar refractivity (Wildman–Crippen MR) is 107 cm³/mol. The first-order valence-electron chi connectivity index (χ1n) is 8.97. The van der Waals surface area contributed by atoms with E-state index in [0.717, 1.165) is 22.8 Å². The molecule has 3 nitrogen and oxygen atoms in total. The molecule has 1 aromatic heterocycles. The average Bonchev–Trinajstić information content (AvgIpc) is 2.89. The van der Waals surface area contributed by atoms with Crippen molar-refractivity contribution in [3.05, 3.63) is 29.0 Å². The summed E-state index contributed by atoms with van der Waals surface area (Å²) in [5, 5.41) is 0.289. The Morgan fingerprint density at radius 3 is 2.46 bits per heavy atom. The normalized spacial score (nSPS) is 22.9. The van der Waals surface area contributed by atoms with Gasteiger partial charge in [-0.1, -0.05) is 36.7 Å². The van der Waals surface area contributed by atoms with Gasteiger partial charge in [0.2, 0.25) is 0 Å².